The summed E-state index contributed by atoms with van der Waals surface area (Å²) in [5, 5.41) is 13.2. The zero-order valence-corrected chi connectivity index (χ0v) is 11.4. The van der Waals surface area contributed by atoms with Gasteiger partial charge in [0.15, 0.2) is 0 Å². The SMILES string of the molecule is CCC1(CC)CN(Cc2cccc(O)c2)CCN1. The molecule has 3 nitrogen and oxygen atoms in total. The molecule has 2 rings (SSSR count). The van der Waals surface area contributed by atoms with Crippen molar-refractivity contribution in [2.45, 2.75) is 38.8 Å². The number of hydrogen-bond acceptors (Lipinski definition) is 3. The minimum Gasteiger partial charge on any atom is -0.508 e. The summed E-state index contributed by atoms with van der Waals surface area (Å²) in [7, 11) is 0. The highest BCUT2D eigenvalue weighted by atomic mass is 16.3. The van der Waals surface area contributed by atoms with E-state index in [2.05, 4.69) is 30.1 Å². The average molecular weight is 248 g/mol. The normalized spacial score (nSPS) is 19.9. The van der Waals surface area contributed by atoms with Crippen molar-refractivity contribution in [2.24, 2.45) is 0 Å². The van der Waals surface area contributed by atoms with Crippen molar-refractivity contribution in [3.8, 4) is 5.75 Å². The summed E-state index contributed by atoms with van der Waals surface area (Å²) in [6, 6.07) is 7.59. The van der Waals surface area contributed by atoms with E-state index in [1.807, 2.05) is 12.1 Å². The second-order valence-corrected chi connectivity index (χ2v) is 5.29. The van der Waals surface area contributed by atoms with Crippen LogP contribution in [0.2, 0.25) is 0 Å². The number of nitrogens with zero attached hydrogens (tertiary/aromatic N) is 1. The fraction of sp³-hybridized carbons (Fsp3) is 0.600. The molecule has 1 aliphatic heterocycles. The topological polar surface area (TPSA) is 35.5 Å². The zero-order chi connectivity index (χ0) is 13.0. The first-order valence-electron chi connectivity index (χ1n) is 6.93. The van der Waals surface area contributed by atoms with Gasteiger partial charge in [0.1, 0.15) is 5.75 Å². The molecular weight excluding hydrogens is 224 g/mol. The van der Waals surface area contributed by atoms with Gasteiger partial charge in [-0.3, -0.25) is 4.90 Å². The highest BCUT2D eigenvalue weighted by molar-refractivity contribution is 5.27. The van der Waals surface area contributed by atoms with E-state index in [4.69, 9.17) is 0 Å². The Hall–Kier alpha value is -1.06. The van der Waals surface area contributed by atoms with E-state index in [1.54, 1.807) is 6.07 Å². The van der Waals surface area contributed by atoms with Crippen molar-refractivity contribution in [1.29, 1.82) is 0 Å². The Morgan fingerprint density at radius 1 is 1.33 bits per heavy atom. The first-order valence-corrected chi connectivity index (χ1v) is 6.93. The molecule has 100 valence electrons. The lowest BCUT2D eigenvalue weighted by Crippen LogP contribution is -2.59. The number of phenolic OH excluding ortho intramolecular Hbond substituents is 1. The molecule has 1 saturated heterocycles. The Morgan fingerprint density at radius 2 is 2.11 bits per heavy atom. The van der Waals surface area contributed by atoms with E-state index in [0.717, 1.165) is 26.2 Å². The molecule has 2 N–H and O–H groups in total. The van der Waals surface area contributed by atoms with Gasteiger partial charge in [-0.25, -0.2) is 0 Å². The van der Waals surface area contributed by atoms with Crippen LogP contribution in [0.3, 0.4) is 0 Å². The van der Waals surface area contributed by atoms with Gasteiger partial charge in [0, 0.05) is 31.7 Å². The molecule has 0 bridgehead atoms. The van der Waals surface area contributed by atoms with Crippen LogP contribution >= 0.6 is 0 Å². The van der Waals surface area contributed by atoms with Crippen LogP contribution in [0.25, 0.3) is 0 Å². The molecule has 1 aromatic carbocycles. The smallest absolute Gasteiger partial charge is 0.115 e. The average Bonchev–Trinajstić information content (AvgIpc) is 2.39. The molecule has 0 saturated carbocycles. The number of piperazine rings is 1. The van der Waals surface area contributed by atoms with Crippen molar-refractivity contribution in [2.75, 3.05) is 19.6 Å². The predicted octanol–water partition coefficient (Wildman–Crippen LogP) is 2.36. The third-order valence-corrected chi connectivity index (χ3v) is 4.12. The predicted molar refractivity (Wildman–Crippen MR) is 74.7 cm³/mol. The van der Waals surface area contributed by atoms with Gasteiger partial charge in [0.05, 0.1) is 0 Å². The summed E-state index contributed by atoms with van der Waals surface area (Å²) >= 11 is 0. The van der Waals surface area contributed by atoms with Gasteiger partial charge in [-0.05, 0) is 30.5 Å². The summed E-state index contributed by atoms with van der Waals surface area (Å²) in [5.41, 5.74) is 1.47. The first-order chi connectivity index (χ1) is 8.67. The zero-order valence-electron chi connectivity index (χ0n) is 11.4. The first kappa shape index (κ1) is 13.4. The molecule has 0 aromatic heterocycles. The standard InChI is InChI=1S/C15H24N2O/c1-3-15(4-2)12-17(9-8-16-15)11-13-6-5-7-14(18)10-13/h5-7,10,16,18H,3-4,8-9,11-12H2,1-2H3. The van der Waals surface area contributed by atoms with Gasteiger partial charge < -0.3 is 10.4 Å². The third kappa shape index (κ3) is 3.03. The molecule has 1 aliphatic rings. The molecule has 1 aromatic rings. The Bertz CT molecular complexity index is 388. The number of rotatable bonds is 4. The largest absolute Gasteiger partial charge is 0.508 e. The van der Waals surface area contributed by atoms with Crippen molar-refractivity contribution in [3.05, 3.63) is 29.8 Å². The molecule has 0 radical (unpaired) electrons. The maximum Gasteiger partial charge on any atom is 0.115 e. The van der Waals surface area contributed by atoms with Crippen molar-refractivity contribution in [3.63, 3.8) is 0 Å². The van der Waals surface area contributed by atoms with Crippen LogP contribution in [-0.4, -0.2) is 35.2 Å². The van der Waals surface area contributed by atoms with Gasteiger partial charge in [-0.2, -0.15) is 0 Å². The maximum atomic E-state index is 9.51. The quantitative estimate of drug-likeness (QED) is 0.858. The van der Waals surface area contributed by atoms with E-state index in [1.165, 1.54) is 18.4 Å². The Balaban J connectivity index is 2.01. The van der Waals surface area contributed by atoms with Gasteiger partial charge in [-0.1, -0.05) is 26.0 Å². The Morgan fingerprint density at radius 3 is 2.78 bits per heavy atom. The lowest BCUT2D eigenvalue weighted by atomic mass is 9.90. The molecule has 18 heavy (non-hydrogen) atoms. The fourth-order valence-corrected chi connectivity index (χ4v) is 2.81. The molecule has 0 aliphatic carbocycles. The summed E-state index contributed by atoms with van der Waals surface area (Å²) in [6.45, 7) is 8.67. The van der Waals surface area contributed by atoms with E-state index in [9.17, 15) is 5.11 Å². The molecular formula is C15H24N2O. The summed E-state index contributed by atoms with van der Waals surface area (Å²) in [6.07, 6.45) is 2.33. The highest BCUT2D eigenvalue weighted by Gasteiger charge is 2.31. The minimum atomic E-state index is 0.273. The summed E-state index contributed by atoms with van der Waals surface area (Å²) in [4.78, 5) is 2.48. The second kappa shape index (κ2) is 5.72. The molecule has 1 heterocycles. The molecule has 3 heteroatoms. The molecule has 0 unspecified atom stereocenters. The van der Waals surface area contributed by atoms with Gasteiger partial charge in [0.2, 0.25) is 0 Å². The number of benzene rings is 1. The van der Waals surface area contributed by atoms with Crippen LogP contribution in [0, 0.1) is 0 Å². The number of aromatic hydroxyl groups is 1. The van der Waals surface area contributed by atoms with Crippen molar-refractivity contribution >= 4 is 0 Å². The lowest BCUT2D eigenvalue weighted by Gasteiger charge is -2.43. The van der Waals surface area contributed by atoms with Crippen LogP contribution in [-0.2, 0) is 6.54 Å². The Kier molecular flexibility index (Phi) is 4.25. The minimum absolute atomic E-state index is 0.273. The van der Waals surface area contributed by atoms with Crippen molar-refractivity contribution in [1.82, 2.24) is 10.2 Å². The molecule has 1 fully saturated rings. The second-order valence-electron chi connectivity index (χ2n) is 5.29. The fourth-order valence-electron chi connectivity index (χ4n) is 2.81. The number of hydrogen-bond donors (Lipinski definition) is 2. The van der Waals surface area contributed by atoms with Gasteiger partial charge in [0.25, 0.3) is 0 Å². The number of phenols is 1. The van der Waals surface area contributed by atoms with Crippen molar-refractivity contribution < 1.29 is 5.11 Å². The van der Waals surface area contributed by atoms with Crippen LogP contribution in [0.1, 0.15) is 32.3 Å². The van der Waals surface area contributed by atoms with Crippen LogP contribution in [0.4, 0.5) is 0 Å². The monoisotopic (exact) mass is 248 g/mol. The molecule has 0 spiro atoms. The lowest BCUT2D eigenvalue weighted by molar-refractivity contribution is 0.118. The summed E-state index contributed by atoms with van der Waals surface area (Å²) in [5.74, 6) is 0.361. The van der Waals surface area contributed by atoms with E-state index in [0.29, 0.717) is 5.75 Å². The van der Waals surface area contributed by atoms with E-state index < -0.39 is 0 Å². The van der Waals surface area contributed by atoms with Crippen LogP contribution in [0.15, 0.2) is 24.3 Å². The molecule has 0 atom stereocenters. The van der Waals surface area contributed by atoms with Crippen LogP contribution < -0.4 is 5.32 Å². The number of nitrogens with one attached hydrogen (secondary N) is 1. The molecule has 0 amide bonds. The maximum absolute atomic E-state index is 9.51. The van der Waals surface area contributed by atoms with E-state index >= 15 is 0 Å². The Labute approximate surface area is 110 Å². The van der Waals surface area contributed by atoms with Gasteiger partial charge in [-0.15, -0.1) is 0 Å². The summed E-state index contributed by atoms with van der Waals surface area (Å²) < 4.78 is 0. The van der Waals surface area contributed by atoms with Gasteiger partial charge >= 0.3 is 0 Å². The van der Waals surface area contributed by atoms with Crippen LogP contribution in [0.5, 0.6) is 5.75 Å². The highest BCUT2D eigenvalue weighted by Crippen LogP contribution is 2.22. The van der Waals surface area contributed by atoms with E-state index in [-0.39, 0.29) is 5.54 Å². The third-order valence-electron chi connectivity index (χ3n) is 4.12.